The van der Waals surface area contributed by atoms with Crippen LogP contribution in [0.15, 0.2) is 42.5 Å². The number of rotatable bonds is 8. The maximum absolute atomic E-state index is 13.4. The predicted octanol–water partition coefficient (Wildman–Crippen LogP) is 5.78. The van der Waals surface area contributed by atoms with Crippen molar-refractivity contribution < 1.29 is 9.53 Å². The highest BCUT2D eigenvalue weighted by Gasteiger charge is 2.31. The second-order valence-corrected chi connectivity index (χ2v) is 10.6. The minimum Gasteiger partial charge on any atom is -0.481 e. The van der Waals surface area contributed by atoms with Gasteiger partial charge in [-0.15, -0.1) is 0 Å². The maximum atomic E-state index is 13.4. The molecule has 7 nitrogen and oxygen atoms in total. The van der Waals surface area contributed by atoms with E-state index in [1.807, 2.05) is 18.2 Å². The number of carbonyl (C=O) groups excluding carboxylic acids is 1. The molecule has 2 aromatic heterocycles. The Bertz CT molecular complexity index is 1200. The second-order valence-electron chi connectivity index (χ2n) is 10.6. The van der Waals surface area contributed by atoms with E-state index in [2.05, 4.69) is 52.5 Å². The number of methoxy groups -OCH3 is 1. The van der Waals surface area contributed by atoms with Crippen LogP contribution in [0.3, 0.4) is 0 Å². The number of hydrogen-bond donors (Lipinski definition) is 0. The number of fused-ring (bicyclic) bond motifs is 1. The van der Waals surface area contributed by atoms with Crippen molar-refractivity contribution in [3.63, 3.8) is 0 Å². The van der Waals surface area contributed by atoms with Crippen LogP contribution in [-0.4, -0.2) is 57.6 Å². The van der Waals surface area contributed by atoms with Crippen LogP contribution in [-0.2, 0) is 11.3 Å². The molecule has 3 aromatic rings. The highest BCUT2D eigenvalue weighted by Crippen LogP contribution is 2.34. The Hall–Kier alpha value is -3.09. The third-order valence-corrected chi connectivity index (χ3v) is 8.37. The first-order valence-corrected chi connectivity index (χ1v) is 14.1. The summed E-state index contributed by atoms with van der Waals surface area (Å²) < 4.78 is 7.71. The summed E-state index contributed by atoms with van der Waals surface area (Å²) >= 11 is 0. The predicted molar refractivity (Wildman–Crippen MR) is 148 cm³/mol. The molecule has 2 atom stereocenters. The van der Waals surface area contributed by atoms with Crippen LogP contribution in [0.4, 0.5) is 5.82 Å². The number of pyridine rings is 1. The first-order chi connectivity index (χ1) is 18.1. The highest BCUT2D eigenvalue weighted by atomic mass is 16.5. The van der Waals surface area contributed by atoms with Crippen LogP contribution in [0, 0.1) is 0 Å². The van der Waals surface area contributed by atoms with E-state index < -0.39 is 0 Å². The van der Waals surface area contributed by atoms with E-state index in [1.165, 1.54) is 19.3 Å². The molecule has 1 saturated heterocycles. The zero-order chi connectivity index (χ0) is 25.8. The summed E-state index contributed by atoms with van der Waals surface area (Å²) in [7, 11) is 1.66. The lowest BCUT2D eigenvalue weighted by atomic mass is 9.92. The SMILES string of the molecule is CCN(C(=O)CCn1c(C2CCC(C)N(c3cccc(OC)n3)C2)nc2ccccc21)C1CCCCC1. The molecule has 1 aliphatic heterocycles. The topological polar surface area (TPSA) is 63.5 Å². The van der Waals surface area contributed by atoms with Crippen LogP contribution in [0.1, 0.15) is 77.0 Å². The van der Waals surface area contributed by atoms with Crippen molar-refractivity contribution >= 4 is 22.8 Å². The lowest BCUT2D eigenvalue weighted by Crippen LogP contribution is -2.42. The molecule has 198 valence electrons. The lowest BCUT2D eigenvalue weighted by Gasteiger charge is -2.39. The Morgan fingerprint density at radius 2 is 1.84 bits per heavy atom. The van der Waals surface area contributed by atoms with Gasteiger partial charge in [0.15, 0.2) is 0 Å². The van der Waals surface area contributed by atoms with Gasteiger partial charge >= 0.3 is 0 Å². The van der Waals surface area contributed by atoms with E-state index in [-0.39, 0.29) is 11.8 Å². The van der Waals surface area contributed by atoms with Crippen LogP contribution >= 0.6 is 0 Å². The molecule has 2 unspecified atom stereocenters. The Morgan fingerprint density at radius 3 is 2.62 bits per heavy atom. The van der Waals surface area contributed by atoms with Crippen molar-refractivity contribution in [1.29, 1.82) is 0 Å². The largest absolute Gasteiger partial charge is 0.481 e. The third-order valence-electron chi connectivity index (χ3n) is 8.37. The van der Waals surface area contributed by atoms with Gasteiger partial charge in [-0.2, -0.15) is 4.98 Å². The first-order valence-electron chi connectivity index (χ1n) is 14.1. The standard InChI is InChI=1S/C30H41N5O2/c1-4-33(24-11-6-5-7-12-24)29(36)19-20-34-26-14-9-8-13-25(26)31-30(34)23-18-17-22(2)35(21-23)27-15-10-16-28(32-27)37-3/h8-10,13-16,22-24H,4-7,11-12,17-21H2,1-3H3. The number of aryl methyl sites for hydroxylation is 1. The molecule has 3 heterocycles. The maximum Gasteiger partial charge on any atom is 0.224 e. The van der Waals surface area contributed by atoms with Gasteiger partial charge in [0, 0.05) is 50.1 Å². The molecule has 2 fully saturated rings. The van der Waals surface area contributed by atoms with E-state index in [4.69, 9.17) is 14.7 Å². The molecule has 0 bridgehead atoms. The number of anilines is 1. The Balaban J connectivity index is 1.38. The number of amides is 1. The Labute approximate surface area is 220 Å². The summed E-state index contributed by atoms with van der Waals surface area (Å²) in [5.74, 6) is 3.22. The summed E-state index contributed by atoms with van der Waals surface area (Å²) in [6.45, 7) is 6.70. The summed E-state index contributed by atoms with van der Waals surface area (Å²) in [4.78, 5) is 27.8. The molecule has 1 saturated carbocycles. The minimum absolute atomic E-state index is 0.271. The molecule has 5 rings (SSSR count). The van der Waals surface area contributed by atoms with Gasteiger partial charge in [0.05, 0.1) is 18.1 Å². The Morgan fingerprint density at radius 1 is 1.03 bits per heavy atom. The molecule has 0 spiro atoms. The lowest BCUT2D eigenvalue weighted by molar-refractivity contribution is -0.134. The number of nitrogens with zero attached hydrogens (tertiary/aromatic N) is 5. The molecule has 0 radical (unpaired) electrons. The van der Waals surface area contributed by atoms with Gasteiger partial charge in [-0.25, -0.2) is 4.98 Å². The van der Waals surface area contributed by atoms with E-state index in [0.29, 0.717) is 30.9 Å². The molecule has 37 heavy (non-hydrogen) atoms. The van der Waals surface area contributed by atoms with Crippen molar-refractivity contribution in [2.45, 2.75) is 89.8 Å². The summed E-state index contributed by atoms with van der Waals surface area (Å²) in [6, 6.07) is 15.1. The third kappa shape index (κ3) is 5.46. The fourth-order valence-corrected chi connectivity index (χ4v) is 6.34. The van der Waals surface area contributed by atoms with Gasteiger partial charge in [-0.3, -0.25) is 4.79 Å². The minimum atomic E-state index is 0.271. The van der Waals surface area contributed by atoms with Crippen molar-refractivity contribution in [1.82, 2.24) is 19.4 Å². The Kier molecular flexibility index (Phi) is 7.96. The summed E-state index contributed by atoms with van der Waals surface area (Å²) in [5, 5.41) is 0. The number of imidazole rings is 1. The number of piperidine rings is 1. The number of para-hydroxylation sites is 2. The highest BCUT2D eigenvalue weighted by molar-refractivity contribution is 5.78. The quantitative estimate of drug-likeness (QED) is 0.390. The average molecular weight is 504 g/mol. The van der Waals surface area contributed by atoms with Crippen LogP contribution in [0.25, 0.3) is 11.0 Å². The van der Waals surface area contributed by atoms with Crippen molar-refractivity contribution in [3.8, 4) is 5.88 Å². The molecule has 0 N–H and O–H groups in total. The molecule has 1 aromatic carbocycles. The van der Waals surface area contributed by atoms with Gasteiger partial charge in [0.25, 0.3) is 0 Å². The van der Waals surface area contributed by atoms with E-state index >= 15 is 0 Å². The average Bonchev–Trinajstić information content (AvgIpc) is 3.31. The second kappa shape index (κ2) is 11.5. The number of aromatic nitrogens is 3. The van der Waals surface area contributed by atoms with Gasteiger partial charge < -0.3 is 19.1 Å². The van der Waals surface area contributed by atoms with Crippen molar-refractivity contribution in [2.75, 3.05) is 25.1 Å². The zero-order valence-corrected chi connectivity index (χ0v) is 22.6. The van der Waals surface area contributed by atoms with Gasteiger partial charge in [0.1, 0.15) is 11.6 Å². The van der Waals surface area contributed by atoms with Crippen LogP contribution in [0.5, 0.6) is 5.88 Å². The molecule has 2 aliphatic rings. The van der Waals surface area contributed by atoms with E-state index in [9.17, 15) is 4.79 Å². The van der Waals surface area contributed by atoms with Crippen molar-refractivity contribution in [3.05, 3.63) is 48.3 Å². The number of carbonyl (C=O) groups is 1. The monoisotopic (exact) mass is 503 g/mol. The molecular formula is C30H41N5O2. The summed E-state index contributed by atoms with van der Waals surface area (Å²) in [5.41, 5.74) is 2.13. The fourth-order valence-electron chi connectivity index (χ4n) is 6.34. The summed E-state index contributed by atoms with van der Waals surface area (Å²) in [6.07, 6.45) is 8.73. The number of ether oxygens (including phenoxy) is 1. The smallest absolute Gasteiger partial charge is 0.224 e. The van der Waals surface area contributed by atoms with Crippen molar-refractivity contribution in [2.24, 2.45) is 0 Å². The molecule has 1 amide bonds. The van der Waals surface area contributed by atoms with Gasteiger partial charge in [-0.05, 0) is 57.7 Å². The van der Waals surface area contributed by atoms with E-state index in [1.54, 1.807) is 7.11 Å². The zero-order valence-electron chi connectivity index (χ0n) is 22.6. The first kappa shape index (κ1) is 25.6. The van der Waals surface area contributed by atoms with Gasteiger partial charge in [0.2, 0.25) is 11.8 Å². The van der Waals surface area contributed by atoms with Gasteiger partial charge in [-0.1, -0.05) is 37.5 Å². The number of benzene rings is 1. The number of hydrogen-bond acceptors (Lipinski definition) is 5. The fraction of sp³-hybridized carbons (Fsp3) is 0.567. The molecular weight excluding hydrogens is 462 g/mol. The van der Waals surface area contributed by atoms with E-state index in [0.717, 1.165) is 61.4 Å². The van der Waals surface area contributed by atoms with Crippen LogP contribution in [0.2, 0.25) is 0 Å². The molecule has 7 heteroatoms. The molecule has 1 aliphatic carbocycles. The van der Waals surface area contributed by atoms with Crippen LogP contribution < -0.4 is 9.64 Å². The normalized spacial score (nSPS) is 20.8.